The van der Waals surface area contributed by atoms with Gasteiger partial charge in [0.05, 0.1) is 6.20 Å². The van der Waals surface area contributed by atoms with E-state index in [1.165, 1.54) is 16.9 Å². The largest absolute Gasteiger partial charge is 0.363 e. The molecule has 0 atom stereocenters. The first-order chi connectivity index (χ1) is 9.20. The van der Waals surface area contributed by atoms with Gasteiger partial charge in [0.1, 0.15) is 0 Å². The molecule has 7 nitrogen and oxygen atoms in total. The van der Waals surface area contributed by atoms with E-state index in [9.17, 15) is 4.79 Å². The first-order valence-corrected chi connectivity index (χ1v) is 6.80. The summed E-state index contributed by atoms with van der Waals surface area (Å²) >= 11 is 1.24. The molecule has 3 N–H and O–H groups in total. The molecule has 102 valence electrons. The Balaban J connectivity index is 1.73. The number of aryl methyl sites for hydroxylation is 2. The Bertz CT molecular complexity index is 549. The van der Waals surface area contributed by atoms with Crippen molar-refractivity contribution in [3.8, 4) is 0 Å². The van der Waals surface area contributed by atoms with Gasteiger partial charge >= 0.3 is 0 Å². The van der Waals surface area contributed by atoms with Gasteiger partial charge in [-0.25, -0.2) is 0 Å². The number of amides is 1. The molecular weight excluding hydrogens is 264 g/mol. The van der Waals surface area contributed by atoms with Crippen LogP contribution in [0.3, 0.4) is 0 Å². The van der Waals surface area contributed by atoms with Gasteiger partial charge in [0.25, 0.3) is 5.91 Å². The number of rotatable bonds is 6. The lowest BCUT2D eigenvalue weighted by Gasteiger charge is -2.02. The fourth-order valence-electron chi connectivity index (χ4n) is 1.60. The van der Waals surface area contributed by atoms with Crippen molar-refractivity contribution in [1.82, 2.24) is 25.7 Å². The molecular formula is C11H16N6OS. The van der Waals surface area contributed by atoms with Crippen molar-refractivity contribution in [3.05, 3.63) is 22.5 Å². The lowest BCUT2D eigenvalue weighted by Crippen LogP contribution is -2.24. The van der Waals surface area contributed by atoms with Crippen LogP contribution in [0, 0.1) is 6.92 Å². The van der Waals surface area contributed by atoms with Gasteiger partial charge in [0.15, 0.2) is 0 Å². The topological polar surface area (TPSA) is 95.6 Å². The maximum absolute atomic E-state index is 11.8. The van der Waals surface area contributed by atoms with Crippen LogP contribution in [0.4, 0.5) is 5.13 Å². The average molecular weight is 280 g/mol. The predicted octanol–water partition coefficient (Wildman–Crippen LogP) is 0.974. The summed E-state index contributed by atoms with van der Waals surface area (Å²) in [4.78, 5) is 11.8. The molecule has 0 bridgehead atoms. The Hall–Kier alpha value is -1.96. The highest BCUT2D eigenvalue weighted by Gasteiger charge is 2.11. The number of carbonyl (C=O) groups excluding carboxylic acids is 1. The Morgan fingerprint density at radius 2 is 2.32 bits per heavy atom. The van der Waals surface area contributed by atoms with Gasteiger partial charge < -0.3 is 10.6 Å². The highest BCUT2D eigenvalue weighted by molar-refractivity contribution is 7.17. The minimum atomic E-state index is -0.178. The van der Waals surface area contributed by atoms with Crippen LogP contribution in [0.1, 0.15) is 27.5 Å². The molecule has 0 aromatic carbocycles. The first-order valence-electron chi connectivity index (χ1n) is 5.99. The van der Waals surface area contributed by atoms with E-state index in [0.717, 1.165) is 18.5 Å². The lowest BCUT2D eigenvalue weighted by molar-refractivity contribution is 0.0952. The maximum atomic E-state index is 11.8. The molecule has 2 aromatic heterocycles. The molecule has 0 fully saturated rings. The molecule has 2 aromatic rings. The summed E-state index contributed by atoms with van der Waals surface area (Å²) < 4.78 is 0. The minimum absolute atomic E-state index is 0.178. The number of nitrogens with one attached hydrogen (secondary N) is 3. The molecule has 2 heterocycles. The fraction of sp³-hybridized carbons (Fsp3) is 0.455. The van der Waals surface area contributed by atoms with Crippen LogP contribution in [-0.4, -0.2) is 39.9 Å². The number of nitrogens with zero attached hydrogens (tertiary/aromatic N) is 3. The Kier molecular flexibility index (Phi) is 4.45. The van der Waals surface area contributed by atoms with Crippen LogP contribution in [-0.2, 0) is 6.42 Å². The molecule has 1 amide bonds. The minimum Gasteiger partial charge on any atom is -0.363 e. The average Bonchev–Trinajstić information content (AvgIpc) is 3.03. The van der Waals surface area contributed by atoms with Crippen LogP contribution in [0.2, 0.25) is 0 Å². The van der Waals surface area contributed by atoms with Crippen LogP contribution >= 0.6 is 11.3 Å². The highest BCUT2D eigenvalue weighted by Crippen LogP contribution is 2.13. The third-order valence-corrected chi connectivity index (χ3v) is 3.62. The predicted molar refractivity (Wildman–Crippen MR) is 73.4 cm³/mol. The zero-order chi connectivity index (χ0) is 13.7. The van der Waals surface area contributed by atoms with Crippen molar-refractivity contribution < 1.29 is 4.79 Å². The molecule has 0 spiro atoms. The normalized spacial score (nSPS) is 10.4. The second-order valence-corrected chi connectivity index (χ2v) is 5.02. The molecule has 0 saturated carbocycles. The van der Waals surface area contributed by atoms with Crippen molar-refractivity contribution in [2.75, 3.05) is 18.9 Å². The van der Waals surface area contributed by atoms with E-state index >= 15 is 0 Å². The Morgan fingerprint density at radius 3 is 2.95 bits per heavy atom. The summed E-state index contributed by atoms with van der Waals surface area (Å²) in [7, 11) is 1.75. The second kappa shape index (κ2) is 6.28. The number of anilines is 1. The van der Waals surface area contributed by atoms with Crippen LogP contribution < -0.4 is 10.6 Å². The summed E-state index contributed by atoms with van der Waals surface area (Å²) in [5.41, 5.74) is 2.26. The van der Waals surface area contributed by atoms with Gasteiger partial charge in [-0.3, -0.25) is 9.89 Å². The molecule has 0 radical (unpaired) electrons. The van der Waals surface area contributed by atoms with Crippen molar-refractivity contribution in [1.29, 1.82) is 0 Å². The smallest absolute Gasteiger partial charge is 0.282 e. The molecule has 0 aliphatic carbocycles. The molecule has 0 saturated heterocycles. The molecule has 0 unspecified atom stereocenters. The van der Waals surface area contributed by atoms with Gasteiger partial charge in [0.2, 0.25) is 10.1 Å². The van der Waals surface area contributed by atoms with Crippen LogP contribution in [0.25, 0.3) is 0 Å². The van der Waals surface area contributed by atoms with Crippen molar-refractivity contribution in [2.24, 2.45) is 0 Å². The molecule has 0 aliphatic rings. The highest BCUT2D eigenvalue weighted by atomic mass is 32.1. The first kappa shape index (κ1) is 13.5. The second-order valence-electron chi connectivity index (χ2n) is 4.04. The number of aromatic amines is 1. The number of H-pyrrole nitrogens is 1. The van der Waals surface area contributed by atoms with Gasteiger partial charge in [-0.05, 0) is 25.3 Å². The Morgan fingerprint density at radius 1 is 1.47 bits per heavy atom. The monoisotopic (exact) mass is 280 g/mol. The summed E-state index contributed by atoms with van der Waals surface area (Å²) in [5.74, 6) is -0.178. The van der Waals surface area contributed by atoms with Crippen molar-refractivity contribution >= 4 is 22.4 Å². The number of hydrogen-bond acceptors (Lipinski definition) is 6. The fourth-order valence-corrected chi connectivity index (χ4v) is 2.21. The summed E-state index contributed by atoms with van der Waals surface area (Å²) in [6, 6.07) is 0. The summed E-state index contributed by atoms with van der Waals surface area (Å²) in [6.45, 7) is 2.60. The zero-order valence-electron chi connectivity index (χ0n) is 10.9. The van der Waals surface area contributed by atoms with E-state index in [-0.39, 0.29) is 5.91 Å². The van der Waals surface area contributed by atoms with Gasteiger partial charge in [-0.1, -0.05) is 11.3 Å². The Labute approximate surface area is 114 Å². The van der Waals surface area contributed by atoms with Crippen molar-refractivity contribution in [2.45, 2.75) is 19.8 Å². The van der Waals surface area contributed by atoms with E-state index in [2.05, 4.69) is 31.0 Å². The van der Waals surface area contributed by atoms with Crippen LogP contribution in [0.5, 0.6) is 0 Å². The molecule has 2 rings (SSSR count). The SMILES string of the molecule is CNc1nnc(C(=O)NCCCc2cn[nH]c2C)s1. The van der Waals surface area contributed by atoms with Crippen molar-refractivity contribution in [3.63, 3.8) is 0 Å². The number of aromatic nitrogens is 4. The zero-order valence-corrected chi connectivity index (χ0v) is 11.7. The van der Waals surface area contributed by atoms with E-state index < -0.39 is 0 Å². The maximum Gasteiger partial charge on any atom is 0.282 e. The third-order valence-electron chi connectivity index (χ3n) is 2.68. The summed E-state index contributed by atoms with van der Waals surface area (Å²) in [5, 5.41) is 21.2. The van der Waals surface area contributed by atoms with Gasteiger partial charge in [-0.15, -0.1) is 10.2 Å². The lowest BCUT2D eigenvalue weighted by atomic mass is 10.1. The van der Waals surface area contributed by atoms with E-state index in [1.54, 1.807) is 7.05 Å². The third kappa shape index (κ3) is 3.50. The molecule has 0 aliphatic heterocycles. The van der Waals surface area contributed by atoms with E-state index in [1.807, 2.05) is 13.1 Å². The molecule has 19 heavy (non-hydrogen) atoms. The number of carbonyl (C=O) groups is 1. The van der Waals surface area contributed by atoms with E-state index in [0.29, 0.717) is 16.7 Å². The van der Waals surface area contributed by atoms with E-state index in [4.69, 9.17) is 0 Å². The summed E-state index contributed by atoms with van der Waals surface area (Å²) in [6.07, 6.45) is 3.57. The quantitative estimate of drug-likeness (QED) is 0.685. The number of hydrogen-bond donors (Lipinski definition) is 3. The van der Waals surface area contributed by atoms with Gasteiger partial charge in [-0.2, -0.15) is 5.10 Å². The van der Waals surface area contributed by atoms with Crippen LogP contribution in [0.15, 0.2) is 6.20 Å². The molecule has 8 heteroatoms. The van der Waals surface area contributed by atoms with Gasteiger partial charge in [0, 0.05) is 19.3 Å². The standard InChI is InChI=1S/C11H16N6OS/c1-7-8(6-14-15-7)4-3-5-13-9(18)10-16-17-11(12-2)19-10/h6H,3-5H2,1-2H3,(H,12,17)(H,13,18)(H,14,15).